The lowest BCUT2D eigenvalue weighted by atomic mass is 9.74. The van der Waals surface area contributed by atoms with Gasteiger partial charge in [0, 0.05) is 63.7 Å². The van der Waals surface area contributed by atoms with E-state index in [4.69, 9.17) is 9.73 Å². The summed E-state index contributed by atoms with van der Waals surface area (Å²) in [6, 6.07) is 8.81. The number of ether oxygens (including phenoxy) is 1. The van der Waals surface area contributed by atoms with Gasteiger partial charge in [-0.05, 0) is 43.5 Å². The van der Waals surface area contributed by atoms with Crippen molar-refractivity contribution < 1.29 is 9.13 Å². The molecule has 0 bridgehead atoms. The highest BCUT2D eigenvalue weighted by Gasteiger charge is 2.35. The Labute approximate surface area is 206 Å². The lowest BCUT2D eigenvalue weighted by Gasteiger charge is -2.39. The van der Waals surface area contributed by atoms with Gasteiger partial charge >= 0.3 is 0 Å². The highest BCUT2D eigenvalue weighted by Crippen LogP contribution is 2.35. The monoisotopic (exact) mass is 554 g/mol. The number of aliphatic imine (C=N–C) groups is 1. The molecule has 3 heterocycles. The first-order valence-corrected chi connectivity index (χ1v) is 11.1. The molecular formula is C23H32FIN6O. The maximum Gasteiger partial charge on any atom is 0.225 e. The van der Waals surface area contributed by atoms with Crippen LogP contribution in [0.4, 0.5) is 10.3 Å². The third-order valence-corrected chi connectivity index (χ3v) is 6.17. The van der Waals surface area contributed by atoms with Crippen molar-refractivity contribution in [2.75, 3.05) is 57.4 Å². The van der Waals surface area contributed by atoms with Crippen molar-refractivity contribution in [3.8, 4) is 0 Å². The summed E-state index contributed by atoms with van der Waals surface area (Å²) in [5, 5.41) is 3.45. The summed E-state index contributed by atoms with van der Waals surface area (Å²) < 4.78 is 19.6. The first-order chi connectivity index (χ1) is 15.2. The second-order valence-corrected chi connectivity index (χ2v) is 8.10. The molecule has 2 saturated heterocycles. The minimum Gasteiger partial charge on any atom is -0.381 e. The minimum absolute atomic E-state index is 0. The zero-order valence-electron chi connectivity index (χ0n) is 18.5. The molecule has 2 aliphatic rings. The number of nitrogens with one attached hydrogen (secondary N) is 1. The van der Waals surface area contributed by atoms with Crippen molar-refractivity contribution in [2.24, 2.45) is 4.99 Å². The smallest absolute Gasteiger partial charge is 0.225 e. The van der Waals surface area contributed by atoms with Crippen molar-refractivity contribution in [1.29, 1.82) is 0 Å². The van der Waals surface area contributed by atoms with E-state index in [2.05, 4.69) is 32.0 Å². The molecule has 2 fully saturated rings. The van der Waals surface area contributed by atoms with Crippen molar-refractivity contribution in [3.05, 3.63) is 54.1 Å². The number of benzene rings is 1. The van der Waals surface area contributed by atoms with Gasteiger partial charge in [0.25, 0.3) is 0 Å². The molecule has 7 nitrogen and oxygen atoms in total. The van der Waals surface area contributed by atoms with Gasteiger partial charge in [-0.2, -0.15) is 0 Å². The van der Waals surface area contributed by atoms with Crippen LogP contribution in [0.3, 0.4) is 0 Å². The molecule has 174 valence electrons. The van der Waals surface area contributed by atoms with Gasteiger partial charge in [-0.3, -0.25) is 4.99 Å². The Morgan fingerprint density at radius 1 is 1.12 bits per heavy atom. The van der Waals surface area contributed by atoms with Gasteiger partial charge in [-0.15, -0.1) is 24.0 Å². The number of aromatic nitrogens is 2. The molecule has 0 saturated carbocycles. The van der Waals surface area contributed by atoms with Gasteiger partial charge in [-0.25, -0.2) is 14.4 Å². The number of guanidine groups is 1. The number of anilines is 1. The third kappa shape index (κ3) is 5.86. The van der Waals surface area contributed by atoms with Gasteiger partial charge in [0.05, 0.1) is 6.54 Å². The number of piperazine rings is 1. The van der Waals surface area contributed by atoms with Gasteiger partial charge in [-0.1, -0.05) is 12.1 Å². The van der Waals surface area contributed by atoms with E-state index in [9.17, 15) is 4.39 Å². The first-order valence-electron chi connectivity index (χ1n) is 11.1. The average Bonchev–Trinajstić information content (AvgIpc) is 2.83. The second kappa shape index (κ2) is 11.7. The maximum absolute atomic E-state index is 14.0. The largest absolute Gasteiger partial charge is 0.381 e. The van der Waals surface area contributed by atoms with Crippen LogP contribution in [0, 0.1) is 5.82 Å². The molecule has 0 radical (unpaired) electrons. The van der Waals surface area contributed by atoms with E-state index in [1.54, 1.807) is 24.5 Å². The number of rotatable bonds is 5. The van der Waals surface area contributed by atoms with Crippen molar-refractivity contribution >= 4 is 35.9 Å². The van der Waals surface area contributed by atoms with E-state index < -0.39 is 0 Å². The SMILES string of the molecule is CCNC(=NCC1(c2cccc(F)c2)CCOCC1)N1CCN(c2ncccn2)CC1.I. The van der Waals surface area contributed by atoms with E-state index in [-0.39, 0.29) is 35.2 Å². The summed E-state index contributed by atoms with van der Waals surface area (Å²) >= 11 is 0. The molecule has 1 aromatic carbocycles. The summed E-state index contributed by atoms with van der Waals surface area (Å²) in [5.41, 5.74) is 0.821. The summed E-state index contributed by atoms with van der Waals surface area (Å²) in [4.78, 5) is 18.3. The number of nitrogens with zero attached hydrogens (tertiary/aromatic N) is 5. The molecule has 0 atom stereocenters. The van der Waals surface area contributed by atoms with Crippen LogP contribution in [0.2, 0.25) is 0 Å². The zero-order chi connectivity index (χ0) is 21.5. The van der Waals surface area contributed by atoms with Crippen LogP contribution in [0.25, 0.3) is 0 Å². The minimum atomic E-state index is -0.196. The van der Waals surface area contributed by atoms with E-state index in [1.165, 1.54) is 6.07 Å². The molecule has 32 heavy (non-hydrogen) atoms. The fraction of sp³-hybridized carbons (Fsp3) is 0.522. The zero-order valence-corrected chi connectivity index (χ0v) is 20.9. The standard InChI is InChI=1S/C23H31FN6O.HI/c1-2-25-21(29-11-13-30(14-12-29)22-26-9-4-10-27-22)28-18-23(7-15-31-16-8-23)19-5-3-6-20(24)17-19;/h3-6,9-10,17H,2,7-8,11-16,18H2,1H3,(H,25,28);1H. The topological polar surface area (TPSA) is 65.9 Å². The lowest BCUT2D eigenvalue weighted by Crippen LogP contribution is -2.53. The van der Waals surface area contributed by atoms with Crippen LogP contribution < -0.4 is 10.2 Å². The molecule has 0 spiro atoms. The molecule has 2 aromatic rings. The van der Waals surface area contributed by atoms with Crippen LogP contribution in [-0.2, 0) is 10.2 Å². The molecule has 9 heteroatoms. The molecule has 0 unspecified atom stereocenters. The molecule has 1 aromatic heterocycles. The molecule has 0 aliphatic carbocycles. The highest BCUT2D eigenvalue weighted by atomic mass is 127. The maximum atomic E-state index is 14.0. The summed E-state index contributed by atoms with van der Waals surface area (Å²) in [6.07, 6.45) is 5.25. The Hall–Kier alpha value is -2.01. The van der Waals surface area contributed by atoms with E-state index in [1.807, 2.05) is 12.1 Å². The Kier molecular flexibility index (Phi) is 9.03. The van der Waals surface area contributed by atoms with Crippen molar-refractivity contribution in [3.63, 3.8) is 0 Å². The Morgan fingerprint density at radius 3 is 2.50 bits per heavy atom. The van der Waals surface area contributed by atoms with E-state index in [0.29, 0.717) is 19.8 Å². The molecular weight excluding hydrogens is 522 g/mol. The average molecular weight is 554 g/mol. The van der Waals surface area contributed by atoms with E-state index >= 15 is 0 Å². The Morgan fingerprint density at radius 2 is 1.84 bits per heavy atom. The van der Waals surface area contributed by atoms with Crippen LogP contribution in [0.1, 0.15) is 25.3 Å². The van der Waals surface area contributed by atoms with Gasteiger partial charge in [0.2, 0.25) is 5.95 Å². The fourth-order valence-corrected chi connectivity index (χ4v) is 4.34. The summed E-state index contributed by atoms with van der Waals surface area (Å²) in [5.74, 6) is 1.49. The van der Waals surface area contributed by atoms with Crippen LogP contribution in [0.5, 0.6) is 0 Å². The predicted octanol–water partition coefficient (Wildman–Crippen LogP) is 3.07. The van der Waals surface area contributed by atoms with Crippen molar-refractivity contribution in [1.82, 2.24) is 20.2 Å². The highest BCUT2D eigenvalue weighted by molar-refractivity contribution is 14.0. The van der Waals surface area contributed by atoms with Gasteiger partial charge in [0.15, 0.2) is 5.96 Å². The van der Waals surface area contributed by atoms with Gasteiger partial charge in [0.1, 0.15) is 5.82 Å². The normalized spacial score (nSPS) is 18.8. The molecule has 0 amide bonds. The van der Waals surface area contributed by atoms with Crippen LogP contribution in [0.15, 0.2) is 47.7 Å². The Balaban J connectivity index is 0.00000289. The molecule has 4 rings (SSSR count). The summed E-state index contributed by atoms with van der Waals surface area (Å²) in [7, 11) is 0. The van der Waals surface area contributed by atoms with Crippen LogP contribution in [-0.4, -0.2) is 73.3 Å². The number of hydrogen-bond donors (Lipinski definition) is 1. The third-order valence-electron chi connectivity index (χ3n) is 6.17. The fourth-order valence-electron chi connectivity index (χ4n) is 4.34. The number of halogens is 2. The van der Waals surface area contributed by atoms with Crippen molar-refractivity contribution in [2.45, 2.75) is 25.2 Å². The second-order valence-electron chi connectivity index (χ2n) is 8.10. The molecule has 1 N–H and O–H groups in total. The van der Waals surface area contributed by atoms with Gasteiger partial charge < -0.3 is 19.9 Å². The Bertz CT molecular complexity index is 870. The number of hydrogen-bond acceptors (Lipinski definition) is 5. The van der Waals surface area contributed by atoms with E-state index in [0.717, 1.165) is 63.0 Å². The predicted molar refractivity (Wildman–Crippen MR) is 135 cm³/mol. The summed E-state index contributed by atoms with van der Waals surface area (Å²) in [6.45, 7) is 8.24. The molecule has 2 aliphatic heterocycles. The quantitative estimate of drug-likeness (QED) is 0.349. The first kappa shape index (κ1) is 24.6. The van der Waals surface area contributed by atoms with Crippen LogP contribution >= 0.6 is 24.0 Å². The lowest BCUT2D eigenvalue weighted by molar-refractivity contribution is 0.0529.